The second-order valence-corrected chi connectivity index (χ2v) is 35.4. The van der Waals surface area contributed by atoms with Gasteiger partial charge in [-0.2, -0.15) is 0 Å². The fraction of sp³-hybridized carbons (Fsp3) is 0.800. The lowest BCUT2D eigenvalue weighted by Gasteiger charge is -2.43. The van der Waals surface area contributed by atoms with Crippen molar-refractivity contribution in [1.29, 1.82) is 0 Å². The van der Waals surface area contributed by atoms with E-state index in [4.69, 9.17) is 42.4 Å². The summed E-state index contributed by atoms with van der Waals surface area (Å²) in [5, 5.41) is 0. The van der Waals surface area contributed by atoms with E-state index in [1.54, 1.807) is 39.3 Å². The van der Waals surface area contributed by atoms with Gasteiger partial charge in [0, 0.05) is 27.7 Å². The summed E-state index contributed by atoms with van der Waals surface area (Å²) in [4.78, 5) is 46.9. The van der Waals surface area contributed by atoms with Gasteiger partial charge < -0.3 is 42.4 Å². The summed E-state index contributed by atoms with van der Waals surface area (Å²) in [6, 6.07) is 0. The number of carbonyl (C=O) groups is 4. The Morgan fingerprint density at radius 1 is 0.317 bits per heavy atom. The number of hydrogen-bond donors (Lipinski definition) is 0. The summed E-state index contributed by atoms with van der Waals surface area (Å²) in [7, 11) is -22.2. The maximum atomic E-state index is 11.8. The lowest BCUT2D eigenvalue weighted by Crippen LogP contribution is -2.63. The normalized spacial score (nSPS) is 13.9. The second-order valence-electron chi connectivity index (χ2n) is 11.9. The molecule has 0 fully saturated rings. The van der Waals surface area contributed by atoms with Gasteiger partial charge in [0.15, 0.2) is 0 Å². The zero-order valence-electron chi connectivity index (χ0n) is 27.2. The number of rotatable bonds is 16. The van der Waals surface area contributed by atoms with Gasteiger partial charge in [0.05, 0.1) is 0 Å². The van der Waals surface area contributed by atoms with Gasteiger partial charge in [-0.05, 0) is 78.6 Å². The molecule has 0 rings (SSSR count). The van der Waals surface area contributed by atoms with E-state index < -0.39 is 84.3 Å². The summed E-state index contributed by atoms with van der Waals surface area (Å²) in [5.41, 5.74) is 0. The first-order chi connectivity index (χ1) is 17.9. The maximum absolute atomic E-state index is 11.8. The van der Waals surface area contributed by atoms with Gasteiger partial charge in [0.25, 0.3) is 23.9 Å². The summed E-state index contributed by atoms with van der Waals surface area (Å²) < 4.78 is 58.7. The molecule has 0 bridgehead atoms. The third kappa shape index (κ3) is 17.8. The van der Waals surface area contributed by atoms with E-state index in [9.17, 15) is 19.2 Å². The maximum Gasteiger partial charge on any atom is 0.890 e. The average Bonchev–Trinajstić information content (AvgIpc) is 2.50. The van der Waals surface area contributed by atoms with Crippen LogP contribution in [0.15, 0.2) is 0 Å². The molecule has 0 aliphatic rings. The fourth-order valence-electron chi connectivity index (χ4n) is 4.38. The molecule has 0 radical (unpaired) electrons. The Morgan fingerprint density at radius 2 is 0.512 bits per heavy atom. The van der Waals surface area contributed by atoms with Crippen LogP contribution in [-0.2, 0) is 61.6 Å². The van der Waals surface area contributed by atoms with E-state index in [2.05, 4.69) is 0 Å². The van der Waals surface area contributed by atoms with Crippen LogP contribution in [-0.4, -0.2) is 84.3 Å². The predicted molar refractivity (Wildman–Crippen MR) is 164 cm³/mol. The molecule has 0 aliphatic heterocycles. The van der Waals surface area contributed by atoms with E-state index in [0.29, 0.717) is 0 Å². The van der Waals surface area contributed by atoms with Crippen molar-refractivity contribution in [3.63, 3.8) is 0 Å². The van der Waals surface area contributed by atoms with Crippen LogP contribution >= 0.6 is 0 Å². The third-order valence-electron chi connectivity index (χ3n) is 4.02. The highest BCUT2D eigenvalue weighted by Gasteiger charge is 2.62. The van der Waals surface area contributed by atoms with Crippen molar-refractivity contribution in [3.8, 4) is 0 Å². The minimum atomic E-state index is -4.59. The first-order valence-corrected chi connectivity index (χ1v) is 31.4. The smallest absolute Gasteiger partial charge is 0.495 e. The Bertz CT molecular complexity index is 927. The van der Waals surface area contributed by atoms with Crippen LogP contribution in [0.5, 0.6) is 0 Å². The van der Waals surface area contributed by atoms with Crippen LogP contribution in [0, 0.1) is 0 Å². The van der Waals surface area contributed by atoms with Crippen molar-refractivity contribution in [3.05, 3.63) is 0 Å². The van der Waals surface area contributed by atoms with Crippen LogP contribution in [0.3, 0.4) is 0 Å². The SMILES string of the molecule is CC(=O)O[Si](C)(C)O[Si](C)(C)O[Si](C)(C)O[Si](C)(C)O[Si](C)(C)O[Si](C)(C)O[Si](OC(C)=O)(OC(C)=O)OC(C)=O. The van der Waals surface area contributed by atoms with Gasteiger partial charge in [-0.3, -0.25) is 19.2 Å². The largest absolute Gasteiger partial charge is 0.890 e. The van der Waals surface area contributed by atoms with Gasteiger partial charge in [-0.15, -0.1) is 0 Å². The molecule has 0 saturated carbocycles. The van der Waals surface area contributed by atoms with Crippen LogP contribution in [0.25, 0.3) is 0 Å². The molecule has 0 heterocycles. The third-order valence-corrected chi connectivity index (χ3v) is 29.0. The molecule has 0 spiro atoms. The molecule has 0 aliphatic carbocycles. The first kappa shape index (κ1) is 40.2. The minimum absolute atomic E-state index is 0.405. The first-order valence-electron chi connectivity index (χ1n) is 12.9. The minimum Gasteiger partial charge on any atom is -0.495 e. The molecule has 0 amide bonds. The van der Waals surface area contributed by atoms with Crippen molar-refractivity contribution in [2.75, 3.05) is 0 Å². The van der Waals surface area contributed by atoms with Crippen LogP contribution in [0.2, 0.25) is 78.6 Å². The van der Waals surface area contributed by atoms with Gasteiger partial charge >= 0.3 is 60.4 Å². The molecule has 0 aromatic carbocycles. The Labute approximate surface area is 251 Å². The zero-order chi connectivity index (χ0) is 32.9. The van der Waals surface area contributed by atoms with Crippen molar-refractivity contribution >= 4 is 84.3 Å². The highest BCUT2D eigenvalue weighted by molar-refractivity contribution is 6.91. The Kier molecular flexibility index (Phi) is 14.0. The van der Waals surface area contributed by atoms with Gasteiger partial charge in [-0.25, -0.2) is 0 Å². The quantitative estimate of drug-likeness (QED) is 0.212. The standard InChI is InChI=1S/C20H48O14Si7/c1-17(21)25-35(5,6)29-36(7,8)30-37(9,10)31-38(11,12)32-39(13,14)33-40(15,16)34-41(26-18(2)22,27-19(3)23)28-20(4)24/h1-16H3. The van der Waals surface area contributed by atoms with Crippen LogP contribution in [0.1, 0.15) is 27.7 Å². The molecule has 21 heteroatoms. The highest BCUT2D eigenvalue weighted by Crippen LogP contribution is 2.29. The number of hydrogen-bond acceptors (Lipinski definition) is 14. The molecule has 14 nitrogen and oxygen atoms in total. The van der Waals surface area contributed by atoms with E-state index in [0.717, 1.165) is 20.8 Å². The lowest BCUT2D eigenvalue weighted by atomic mass is 10.9. The van der Waals surface area contributed by atoms with Gasteiger partial charge in [0.2, 0.25) is 0 Å². The molecular weight excluding hydrogens is 661 g/mol. The Balaban J connectivity index is 5.76. The molecule has 0 unspecified atom stereocenters. The summed E-state index contributed by atoms with van der Waals surface area (Å²) in [6.07, 6.45) is 0. The topological polar surface area (TPSA) is 161 Å². The van der Waals surface area contributed by atoms with E-state index in [1.165, 1.54) is 6.92 Å². The average molecular weight is 709 g/mol. The molecular formula is C20H48O14Si7. The van der Waals surface area contributed by atoms with Crippen molar-refractivity contribution in [1.82, 2.24) is 0 Å². The highest BCUT2D eigenvalue weighted by atomic mass is 28.5. The summed E-state index contributed by atoms with van der Waals surface area (Å²) >= 11 is 0. The van der Waals surface area contributed by atoms with Crippen LogP contribution < -0.4 is 0 Å². The van der Waals surface area contributed by atoms with Crippen molar-refractivity contribution in [2.24, 2.45) is 0 Å². The lowest BCUT2D eigenvalue weighted by molar-refractivity contribution is -0.153. The van der Waals surface area contributed by atoms with E-state index >= 15 is 0 Å². The van der Waals surface area contributed by atoms with Gasteiger partial charge in [0.1, 0.15) is 0 Å². The Hall–Kier alpha value is -0.842. The number of carbonyl (C=O) groups excluding carboxylic acids is 4. The predicted octanol–water partition coefficient (Wildman–Crippen LogP) is 3.98. The summed E-state index contributed by atoms with van der Waals surface area (Å²) in [5.74, 6) is -2.99. The molecule has 0 aromatic heterocycles. The van der Waals surface area contributed by atoms with Crippen LogP contribution in [0.4, 0.5) is 0 Å². The second kappa shape index (κ2) is 14.3. The van der Waals surface area contributed by atoms with Crippen molar-refractivity contribution in [2.45, 2.75) is 106 Å². The molecule has 41 heavy (non-hydrogen) atoms. The van der Waals surface area contributed by atoms with Gasteiger partial charge in [-0.1, -0.05) is 0 Å². The molecule has 0 N–H and O–H groups in total. The molecule has 240 valence electrons. The molecule has 0 aromatic rings. The fourth-order valence-corrected chi connectivity index (χ4v) is 35.7. The van der Waals surface area contributed by atoms with E-state index in [1.807, 2.05) is 39.3 Å². The molecule has 0 atom stereocenters. The van der Waals surface area contributed by atoms with Crippen molar-refractivity contribution < 1.29 is 61.6 Å². The summed E-state index contributed by atoms with van der Waals surface area (Å²) in [6.45, 7) is 26.2. The molecule has 0 saturated heterocycles. The van der Waals surface area contributed by atoms with E-state index in [-0.39, 0.29) is 0 Å². The zero-order valence-corrected chi connectivity index (χ0v) is 34.2. The monoisotopic (exact) mass is 708 g/mol. The Morgan fingerprint density at radius 3 is 0.732 bits per heavy atom.